The van der Waals surface area contributed by atoms with Crippen molar-refractivity contribution >= 4 is 17.6 Å². The Bertz CT molecular complexity index is 554. The first kappa shape index (κ1) is 14.5. The number of rotatable bonds is 3. The quantitative estimate of drug-likeness (QED) is 0.892. The van der Waals surface area contributed by atoms with Crippen molar-refractivity contribution in [3.05, 3.63) is 29.6 Å². The summed E-state index contributed by atoms with van der Waals surface area (Å²) in [7, 11) is 0. The van der Waals surface area contributed by atoms with E-state index in [2.05, 4.69) is 5.32 Å². The third kappa shape index (κ3) is 2.81. The predicted molar refractivity (Wildman–Crippen MR) is 73.1 cm³/mol. The van der Waals surface area contributed by atoms with Crippen LogP contribution in [-0.2, 0) is 4.79 Å². The van der Waals surface area contributed by atoms with Crippen LogP contribution in [0, 0.1) is 17.2 Å². The molecule has 1 fully saturated rings. The number of aromatic carboxylic acids is 1. The summed E-state index contributed by atoms with van der Waals surface area (Å²) in [5.74, 6) is -2.23. The van der Waals surface area contributed by atoms with E-state index in [9.17, 15) is 14.0 Å². The van der Waals surface area contributed by atoms with Crippen molar-refractivity contribution in [1.29, 1.82) is 0 Å². The largest absolute Gasteiger partial charge is 0.478 e. The topological polar surface area (TPSA) is 66.4 Å². The van der Waals surface area contributed by atoms with Crippen molar-refractivity contribution in [2.75, 3.05) is 5.32 Å². The van der Waals surface area contributed by atoms with Crippen molar-refractivity contribution in [3.8, 4) is 0 Å². The number of carbonyl (C=O) groups excluding carboxylic acids is 1. The Morgan fingerprint density at radius 3 is 2.65 bits per heavy atom. The van der Waals surface area contributed by atoms with Gasteiger partial charge in [-0.1, -0.05) is 20.3 Å². The zero-order valence-electron chi connectivity index (χ0n) is 11.6. The fourth-order valence-electron chi connectivity index (χ4n) is 2.84. The number of halogens is 1. The van der Waals surface area contributed by atoms with Gasteiger partial charge in [-0.15, -0.1) is 0 Å². The van der Waals surface area contributed by atoms with Gasteiger partial charge in [0.25, 0.3) is 0 Å². The van der Waals surface area contributed by atoms with E-state index in [4.69, 9.17) is 5.11 Å². The number of nitrogens with one attached hydrogen (secondary N) is 1. The molecule has 1 amide bonds. The molecule has 2 N–H and O–H groups in total. The minimum atomic E-state index is -1.26. The third-order valence-electron chi connectivity index (χ3n) is 4.04. The predicted octanol–water partition coefficient (Wildman–Crippen LogP) is 3.29. The number of carbonyl (C=O) groups is 2. The highest BCUT2D eigenvalue weighted by molar-refractivity contribution is 6.01. The minimum absolute atomic E-state index is 0.0898. The van der Waals surface area contributed by atoms with Crippen LogP contribution in [0.15, 0.2) is 18.2 Å². The van der Waals surface area contributed by atoms with Gasteiger partial charge in [0.15, 0.2) is 0 Å². The molecule has 1 aromatic carbocycles. The minimum Gasteiger partial charge on any atom is -0.478 e. The molecule has 0 spiro atoms. The van der Waals surface area contributed by atoms with Crippen LogP contribution in [0.1, 0.15) is 43.5 Å². The van der Waals surface area contributed by atoms with Gasteiger partial charge in [0.1, 0.15) is 5.82 Å². The number of carboxylic acids is 1. The van der Waals surface area contributed by atoms with Crippen LogP contribution in [0.3, 0.4) is 0 Å². The maximum absolute atomic E-state index is 13.1. The number of carboxylic acid groups (broad SMARTS) is 1. The molecule has 0 saturated heterocycles. The fourth-order valence-corrected chi connectivity index (χ4v) is 2.84. The maximum Gasteiger partial charge on any atom is 0.337 e. The number of benzene rings is 1. The zero-order valence-corrected chi connectivity index (χ0v) is 11.6. The van der Waals surface area contributed by atoms with Crippen LogP contribution in [0.2, 0.25) is 0 Å². The number of hydrogen-bond donors (Lipinski definition) is 2. The van der Waals surface area contributed by atoms with Gasteiger partial charge >= 0.3 is 5.97 Å². The first-order valence-electron chi connectivity index (χ1n) is 6.65. The van der Waals surface area contributed by atoms with Gasteiger partial charge in [-0.25, -0.2) is 9.18 Å². The Morgan fingerprint density at radius 1 is 1.40 bits per heavy atom. The second kappa shape index (κ2) is 5.23. The molecule has 1 aliphatic carbocycles. The van der Waals surface area contributed by atoms with Gasteiger partial charge in [-0.2, -0.15) is 0 Å². The number of amides is 1. The summed E-state index contributed by atoms with van der Waals surface area (Å²) in [5, 5.41) is 11.7. The number of hydrogen-bond acceptors (Lipinski definition) is 2. The normalized spacial score (nSPS) is 20.6. The van der Waals surface area contributed by atoms with Gasteiger partial charge in [0, 0.05) is 5.92 Å². The molecule has 0 bridgehead atoms. The summed E-state index contributed by atoms with van der Waals surface area (Å²) < 4.78 is 13.1. The standard InChI is InChI=1S/C15H18FNO3/c1-15(2)7-3-4-11(15)13(18)17-12-6-5-9(16)8-10(12)14(19)20/h5-6,8,11H,3-4,7H2,1-2H3,(H,17,18)(H,19,20). The Morgan fingerprint density at radius 2 is 2.10 bits per heavy atom. The monoisotopic (exact) mass is 279 g/mol. The van der Waals surface area contributed by atoms with Gasteiger partial charge in [-0.05, 0) is 36.5 Å². The SMILES string of the molecule is CC1(C)CCCC1C(=O)Nc1ccc(F)cc1C(=O)O. The lowest BCUT2D eigenvalue weighted by Gasteiger charge is -2.26. The van der Waals surface area contributed by atoms with E-state index in [0.717, 1.165) is 31.4 Å². The van der Waals surface area contributed by atoms with Crippen LogP contribution >= 0.6 is 0 Å². The Labute approximate surface area is 117 Å². The average molecular weight is 279 g/mol. The smallest absolute Gasteiger partial charge is 0.337 e. The highest BCUT2D eigenvalue weighted by atomic mass is 19.1. The molecule has 20 heavy (non-hydrogen) atoms. The summed E-state index contributed by atoms with van der Waals surface area (Å²) >= 11 is 0. The Hall–Kier alpha value is -1.91. The average Bonchev–Trinajstić information content (AvgIpc) is 2.71. The molecule has 0 radical (unpaired) electrons. The van der Waals surface area contributed by atoms with E-state index in [1.165, 1.54) is 6.07 Å². The first-order valence-corrected chi connectivity index (χ1v) is 6.65. The van der Waals surface area contributed by atoms with Crippen molar-refractivity contribution in [1.82, 2.24) is 0 Å². The molecule has 1 saturated carbocycles. The van der Waals surface area contributed by atoms with Crippen LogP contribution in [0.25, 0.3) is 0 Å². The molecule has 4 nitrogen and oxygen atoms in total. The van der Waals surface area contributed by atoms with Crippen LogP contribution < -0.4 is 5.32 Å². The van der Waals surface area contributed by atoms with Crippen molar-refractivity contribution in [3.63, 3.8) is 0 Å². The van der Waals surface area contributed by atoms with Gasteiger partial charge in [-0.3, -0.25) is 4.79 Å². The molecule has 0 aliphatic heterocycles. The Kier molecular flexibility index (Phi) is 3.79. The van der Waals surface area contributed by atoms with Gasteiger partial charge < -0.3 is 10.4 Å². The lowest BCUT2D eigenvalue weighted by Crippen LogP contribution is -2.31. The van der Waals surface area contributed by atoms with Gasteiger partial charge in [0.05, 0.1) is 11.3 Å². The summed E-state index contributed by atoms with van der Waals surface area (Å²) in [6.45, 7) is 4.07. The van der Waals surface area contributed by atoms with Crippen molar-refractivity contribution < 1.29 is 19.1 Å². The van der Waals surface area contributed by atoms with Gasteiger partial charge in [0.2, 0.25) is 5.91 Å². The van der Waals surface area contributed by atoms with Crippen molar-refractivity contribution in [2.24, 2.45) is 11.3 Å². The second-order valence-electron chi connectivity index (χ2n) is 5.92. The fraction of sp³-hybridized carbons (Fsp3) is 0.467. The summed E-state index contributed by atoms with van der Waals surface area (Å²) in [4.78, 5) is 23.4. The van der Waals surface area contributed by atoms with E-state index in [-0.39, 0.29) is 28.5 Å². The lowest BCUT2D eigenvalue weighted by atomic mass is 9.81. The third-order valence-corrected chi connectivity index (χ3v) is 4.04. The summed E-state index contributed by atoms with van der Waals surface area (Å²) in [6, 6.07) is 3.35. The molecule has 1 atom stereocenters. The molecular formula is C15H18FNO3. The van der Waals surface area contributed by atoms with Crippen LogP contribution in [0.5, 0.6) is 0 Å². The van der Waals surface area contributed by atoms with Crippen LogP contribution in [-0.4, -0.2) is 17.0 Å². The highest BCUT2D eigenvalue weighted by Crippen LogP contribution is 2.43. The lowest BCUT2D eigenvalue weighted by molar-refractivity contribution is -0.122. The molecule has 5 heteroatoms. The molecule has 0 heterocycles. The zero-order chi connectivity index (χ0) is 14.9. The first-order chi connectivity index (χ1) is 9.31. The molecule has 0 aromatic heterocycles. The van der Waals surface area contributed by atoms with Crippen LogP contribution in [0.4, 0.5) is 10.1 Å². The molecule has 2 rings (SSSR count). The molecule has 108 valence electrons. The van der Waals surface area contributed by atoms with E-state index < -0.39 is 11.8 Å². The summed E-state index contributed by atoms with van der Waals surface area (Å²) in [5.41, 5.74) is -0.172. The molecule has 1 aliphatic rings. The molecular weight excluding hydrogens is 261 g/mol. The van der Waals surface area contributed by atoms with E-state index >= 15 is 0 Å². The highest BCUT2D eigenvalue weighted by Gasteiger charge is 2.39. The Balaban J connectivity index is 2.22. The molecule has 1 aromatic rings. The second-order valence-corrected chi connectivity index (χ2v) is 5.92. The van der Waals surface area contributed by atoms with E-state index in [1.54, 1.807) is 0 Å². The molecule has 1 unspecified atom stereocenters. The van der Waals surface area contributed by atoms with E-state index in [1.807, 2.05) is 13.8 Å². The van der Waals surface area contributed by atoms with Crippen molar-refractivity contribution in [2.45, 2.75) is 33.1 Å². The van der Waals surface area contributed by atoms with E-state index in [0.29, 0.717) is 0 Å². The summed E-state index contributed by atoms with van der Waals surface area (Å²) in [6.07, 6.45) is 2.75. The maximum atomic E-state index is 13.1. The number of anilines is 1.